The summed E-state index contributed by atoms with van der Waals surface area (Å²) >= 11 is 0. The van der Waals surface area contributed by atoms with Crippen LogP contribution in [0.4, 0.5) is 4.39 Å². The van der Waals surface area contributed by atoms with Gasteiger partial charge in [0.1, 0.15) is 5.82 Å². The van der Waals surface area contributed by atoms with E-state index in [1.165, 1.54) is 6.07 Å². The molecule has 0 aromatic heterocycles. The molecule has 0 bridgehead atoms. The van der Waals surface area contributed by atoms with Gasteiger partial charge in [0.15, 0.2) is 0 Å². The summed E-state index contributed by atoms with van der Waals surface area (Å²) in [7, 11) is 0. The van der Waals surface area contributed by atoms with Gasteiger partial charge in [0.2, 0.25) is 5.91 Å². The lowest BCUT2D eigenvalue weighted by molar-refractivity contribution is -0.121. The van der Waals surface area contributed by atoms with E-state index in [2.05, 4.69) is 5.32 Å². The fourth-order valence-corrected chi connectivity index (χ4v) is 1.58. The molecule has 0 aliphatic carbocycles. The van der Waals surface area contributed by atoms with Gasteiger partial charge in [-0.3, -0.25) is 4.79 Å². The number of nitrogens with one attached hydrogen (secondary N) is 1. The van der Waals surface area contributed by atoms with Gasteiger partial charge < -0.3 is 11.1 Å². The Balaban J connectivity index is 2.52. The van der Waals surface area contributed by atoms with E-state index in [0.717, 1.165) is 0 Å². The van der Waals surface area contributed by atoms with Gasteiger partial charge in [-0.1, -0.05) is 18.2 Å². The standard InChI is InChI=1S/C13H19FN2O/c1-9(15)7-8-13(17)16-10(2)11-5-3-4-6-12(11)14/h3-6,9-10H,7-8,15H2,1-2H3,(H,16,17). The largest absolute Gasteiger partial charge is 0.349 e. The number of rotatable bonds is 5. The summed E-state index contributed by atoms with van der Waals surface area (Å²) in [4.78, 5) is 11.6. The third-order valence-electron chi connectivity index (χ3n) is 2.58. The minimum Gasteiger partial charge on any atom is -0.349 e. The number of amides is 1. The Morgan fingerprint density at radius 3 is 2.65 bits per heavy atom. The van der Waals surface area contributed by atoms with E-state index in [4.69, 9.17) is 5.73 Å². The number of halogens is 1. The molecular formula is C13H19FN2O. The Morgan fingerprint density at radius 1 is 1.41 bits per heavy atom. The van der Waals surface area contributed by atoms with Crippen LogP contribution in [0.5, 0.6) is 0 Å². The number of hydrogen-bond acceptors (Lipinski definition) is 2. The lowest BCUT2D eigenvalue weighted by Crippen LogP contribution is -2.28. The van der Waals surface area contributed by atoms with E-state index in [0.29, 0.717) is 18.4 Å². The first kappa shape index (κ1) is 13.6. The molecule has 17 heavy (non-hydrogen) atoms. The maximum Gasteiger partial charge on any atom is 0.220 e. The van der Waals surface area contributed by atoms with Crippen LogP contribution in [0.25, 0.3) is 0 Å². The van der Waals surface area contributed by atoms with E-state index < -0.39 is 0 Å². The zero-order valence-electron chi connectivity index (χ0n) is 10.2. The summed E-state index contributed by atoms with van der Waals surface area (Å²) < 4.78 is 13.4. The third-order valence-corrected chi connectivity index (χ3v) is 2.58. The van der Waals surface area contributed by atoms with Crippen LogP contribution in [0.15, 0.2) is 24.3 Å². The van der Waals surface area contributed by atoms with Crippen molar-refractivity contribution in [3.63, 3.8) is 0 Å². The van der Waals surface area contributed by atoms with Crippen molar-refractivity contribution in [1.82, 2.24) is 5.32 Å². The average Bonchev–Trinajstić information content (AvgIpc) is 2.26. The smallest absolute Gasteiger partial charge is 0.220 e. The van der Waals surface area contributed by atoms with Crippen molar-refractivity contribution in [2.45, 2.75) is 38.8 Å². The SMILES string of the molecule is CC(N)CCC(=O)NC(C)c1ccccc1F. The van der Waals surface area contributed by atoms with Crippen molar-refractivity contribution in [3.05, 3.63) is 35.6 Å². The van der Waals surface area contributed by atoms with E-state index in [-0.39, 0.29) is 23.8 Å². The van der Waals surface area contributed by atoms with Crippen LogP contribution in [-0.2, 0) is 4.79 Å². The van der Waals surface area contributed by atoms with Gasteiger partial charge >= 0.3 is 0 Å². The van der Waals surface area contributed by atoms with Gasteiger partial charge in [-0.15, -0.1) is 0 Å². The summed E-state index contributed by atoms with van der Waals surface area (Å²) in [6.45, 7) is 3.62. The summed E-state index contributed by atoms with van der Waals surface area (Å²) in [5, 5.41) is 2.76. The Labute approximate surface area is 101 Å². The van der Waals surface area contributed by atoms with Gasteiger partial charge in [0.05, 0.1) is 6.04 Å². The van der Waals surface area contributed by atoms with Crippen LogP contribution in [0.3, 0.4) is 0 Å². The molecule has 1 aromatic carbocycles. The minimum atomic E-state index is -0.322. The molecule has 0 saturated carbocycles. The lowest BCUT2D eigenvalue weighted by atomic mass is 10.1. The van der Waals surface area contributed by atoms with Crippen LogP contribution in [-0.4, -0.2) is 11.9 Å². The molecule has 2 unspecified atom stereocenters. The second-order valence-electron chi connectivity index (χ2n) is 4.33. The monoisotopic (exact) mass is 238 g/mol. The number of carbonyl (C=O) groups excluding carboxylic acids is 1. The predicted molar refractivity (Wildman–Crippen MR) is 65.8 cm³/mol. The number of hydrogen-bond donors (Lipinski definition) is 2. The van der Waals surface area contributed by atoms with Crippen LogP contribution in [0.1, 0.15) is 38.3 Å². The van der Waals surface area contributed by atoms with Crippen molar-refractivity contribution in [2.24, 2.45) is 5.73 Å². The fourth-order valence-electron chi connectivity index (χ4n) is 1.58. The Bertz CT molecular complexity index is 379. The molecular weight excluding hydrogens is 219 g/mol. The van der Waals surface area contributed by atoms with E-state index in [1.54, 1.807) is 25.1 Å². The highest BCUT2D eigenvalue weighted by Crippen LogP contribution is 2.16. The molecule has 94 valence electrons. The van der Waals surface area contributed by atoms with Crippen molar-refractivity contribution in [2.75, 3.05) is 0 Å². The Hall–Kier alpha value is -1.42. The predicted octanol–water partition coefficient (Wildman–Crippen LogP) is 2.13. The maximum absolute atomic E-state index is 13.4. The molecule has 0 aliphatic heterocycles. The highest BCUT2D eigenvalue weighted by Gasteiger charge is 2.12. The summed E-state index contributed by atoms with van der Waals surface area (Å²) in [5.41, 5.74) is 6.07. The van der Waals surface area contributed by atoms with Crippen molar-refractivity contribution < 1.29 is 9.18 Å². The summed E-state index contributed by atoms with van der Waals surface area (Å²) in [6.07, 6.45) is 1.01. The number of benzene rings is 1. The van der Waals surface area contributed by atoms with Gasteiger partial charge in [-0.25, -0.2) is 4.39 Å². The second-order valence-corrected chi connectivity index (χ2v) is 4.33. The molecule has 3 N–H and O–H groups in total. The van der Waals surface area contributed by atoms with E-state index >= 15 is 0 Å². The minimum absolute atomic E-state index is 0.00418. The summed E-state index contributed by atoms with van der Waals surface area (Å²) in [6, 6.07) is 6.12. The first-order valence-electron chi connectivity index (χ1n) is 5.80. The quantitative estimate of drug-likeness (QED) is 0.825. The first-order valence-corrected chi connectivity index (χ1v) is 5.80. The van der Waals surface area contributed by atoms with Crippen LogP contribution < -0.4 is 11.1 Å². The molecule has 1 rings (SSSR count). The van der Waals surface area contributed by atoms with Crippen molar-refractivity contribution in [3.8, 4) is 0 Å². The summed E-state index contributed by atoms with van der Waals surface area (Å²) in [5.74, 6) is -0.398. The third kappa shape index (κ3) is 4.53. The second kappa shape index (κ2) is 6.35. The van der Waals surface area contributed by atoms with E-state index in [1.807, 2.05) is 6.92 Å². The van der Waals surface area contributed by atoms with Crippen molar-refractivity contribution >= 4 is 5.91 Å². The molecule has 0 saturated heterocycles. The highest BCUT2D eigenvalue weighted by molar-refractivity contribution is 5.76. The maximum atomic E-state index is 13.4. The topological polar surface area (TPSA) is 55.1 Å². The lowest BCUT2D eigenvalue weighted by Gasteiger charge is -2.15. The molecule has 1 aromatic rings. The average molecular weight is 238 g/mol. The van der Waals surface area contributed by atoms with E-state index in [9.17, 15) is 9.18 Å². The zero-order chi connectivity index (χ0) is 12.8. The molecule has 0 fully saturated rings. The molecule has 4 heteroatoms. The van der Waals surface area contributed by atoms with Crippen LogP contribution in [0.2, 0.25) is 0 Å². The fraction of sp³-hybridized carbons (Fsp3) is 0.462. The molecule has 0 heterocycles. The number of carbonyl (C=O) groups is 1. The zero-order valence-corrected chi connectivity index (χ0v) is 10.2. The molecule has 0 spiro atoms. The molecule has 0 radical (unpaired) electrons. The van der Waals surface area contributed by atoms with Crippen LogP contribution in [0, 0.1) is 5.82 Å². The van der Waals surface area contributed by atoms with Gasteiger partial charge in [-0.05, 0) is 26.3 Å². The molecule has 1 amide bonds. The van der Waals surface area contributed by atoms with Gasteiger partial charge in [0.25, 0.3) is 0 Å². The normalized spacial score (nSPS) is 14.1. The van der Waals surface area contributed by atoms with Gasteiger partial charge in [-0.2, -0.15) is 0 Å². The Kier molecular flexibility index (Phi) is 5.10. The molecule has 2 atom stereocenters. The highest BCUT2D eigenvalue weighted by atomic mass is 19.1. The van der Waals surface area contributed by atoms with Crippen molar-refractivity contribution in [1.29, 1.82) is 0 Å². The number of nitrogens with two attached hydrogens (primary N) is 1. The van der Waals surface area contributed by atoms with Crippen LogP contribution >= 0.6 is 0 Å². The Morgan fingerprint density at radius 2 is 2.06 bits per heavy atom. The van der Waals surface area contributed by atoms with Gasteiger partial charge in [0, 0.05) is 18.0 Å². The molecule has 0 aliphatic rings. The first-order chi connectivity index (χ1) is 8.00. The molecule has 3 nitrogen and oxygen atoms in total.